The summed E-state index contributed by atoms with van der Waals surface area (Å²) in [5.41, 5.74) is 1.15. The van der Waals surface area contributed by atoms with Crippen molar-refractivity contribution in [2.75, 3.05) is 14.2 Å². The molecule has 4 aromatic rings. The van der Waals surface area contributed by atoms with E-state index in [1.165, 1.54) is 17.7 Å². The molecule has 4 rings (SSSR count). The molecule has 2 aromatic heterocycles. The van der Waals surface area contributed by atoms with Crippen LogP contribution in [0.3, 0.4) is 0 Å². The molecule has 0 aliphatic rings. The predicted molar refractivity (Wildman–Crippen MR) is 116 cm³/mol. The van der Waals surface area contributed by atoms with Gasteiger partial charge in [-0.2, -0.15) is 0 Å². The summed E-state index contributed by atoms with van der Waals surface area (Å²) in [6.07, 6.45) is 0. The fourth-order valence-electron chi connectivity index (χ4n) is 3.22. The third-order valence-corrected chi connectivity index (χ3v) is 5.15. The zero-order valence-corrected chi connectivity index (χ0v) is 17.8. The van der Waals surface area contributed by atoms with E-state index >= 15 is 0 Å². The van der Waals surface area contributed by atoms with Gasteiger partial charge in [-0.1, -0.05) is 12.1 Å². The lowest BCUT2D eigenvalue weighted by Crippen LogP contribution is -2.25. The van der Waals surface area contributed by atoms with E-state index in [0.29, 0.717) is 27.2 Å². The number of methoxy groups -OCH3 is 2. The van der Waals surface area contributed by atoms with Gasteiger partial charge >= 0.3 is 0 Å². The zero-order chi connectivity index (χ0) is 21.3. The fraction of sp³-hybridized carbons (Fsp3) is 0.136. The van der Waals surface area contributed by atoms with Crippen LogP contribution in [0.5, 0.6) is 11.5 Å². The largest absolute Gasteiger partial charge is 0.497 e. The smallest absolute Gasteiger partial charge is 0.280 e. The van der Waals surface area contributed by atoms with Gasteiger partial charge in [0, 0.05) is 11.6 Å². The second-order valence-electron chi connectivity index (χ2n) is 6.49. The van der Waals surface area contributed by atoms with Crippen LogP contribution in [0.25, 0.3) is 22.4 Å². The van der Waals surface area contributed by atoms with E-state index in [-0.39, 0.29) is 29.0 Å². The molecule has 0 N–H and O–H groups in total. The Balaban J connectivity index is 1.98. The molecule has 0 saturated carbocycles. The molecule has 0 amide bonds. The molecule has 0 fully saturated rings. The maximum atomic E-state index is 14.6. The summed E-state index contributed by atoms with van der Waals surface area (Å²) >= 11 is 3.29. The van der Waals surface area contributed by atoms with Crippen molar-refractivity contribution in [2.45, 2.75) is 6.54 Å². The highest BCUT2D eigenvalue weighted by Crippen LogP contribution is 2.28. The Bertz CT molecular complexity index is 1310. The van der Waals surface area contributed by atoms with E-state index in [4.69, 9.17) is 9.47 Å². The lowest BCUT2D eigenvalue weighted by molar-refractivity contribution is 0.390. The lowest BCUT2D eigenvalue weighted by Gasteiger charge is -2.16. The number of fused-ring (bicyclic) bond motifs is 1. The number of pyridine rings is 1. The van der Waals surface area contributed by atoms with Gasteiger partial charge in [0.25, 0.3) is 5.56 Å². The second-order valence-corrected chi connectivity index (χ2v) is 7.30. The highest BCUT2D eigenvalue weighted by Gasteiger charge is 2.18. The third-order valence-electron chi connectivity index (χ3n) is 4.71. The van der Waals surface area contributed by atoms with E-state index in [2.05, 4.69) is 25.9 Å². The number of rotatable bonds is 5. The molecule has 2 heterocycles. The Morgan fingerprint density at radius 3 is 2.57 bits per heavy atom. The maximum Gasteiger partial charge on any atom is 0.280 e. The van der Waals surface area contributed by atoms with Gasteiger partial charge in [-0.25, -0.2) is 14.4 Å². The normalized spacial score (nSPS) is 10.9. The van der Waals surface area contributed by atoms with Crippen LogP contribution in [0.15, 0.2) is 64.0 Å². The number of hydrogen-bond acceptors (Lipinski definition) is 5. The minimum absolute atomic E-state index is 0.118. The first-order valence-corrected chi connectivity index (χ1v) is 9.84. The van der Waals surface area contributed by atoms with Crippen LogP contribution in [-0.4, -0.2) is 28.8 Å². The van der Waals surface area contributed by atoms with Gasteiger partial charge < -0.3 is 9.47 Å². The number of ether oxygens (including phenoxy) is 2. The standard InChI is InChI=1S/C22H17BrFN3O3/c1-29-14-8-7-13(18(11-14)30-2)12-27-21(15-5-3-4-6-16(15)24)25-17-9-10-19(23)26-20(17)22(27)28/h3-11H,12H2,1-2H3. The van der Waals surface area contributed by atoms with E-state index in [9.17, 15) is 9.18 Å². The molecule has 2 aromatic carbocycles. The summed E-state index contributed by atoms with van der Waals surface area (Å²) < 4.78 is 27.2. The highest BCUT2D eigenvalue weighted by molar-refractivity contribution is 9.10. The molecule has 0 atom stereocenters. The van der Waals surface area contributed by atoms with Gasteiger partial charge in [-0.05, 0) is 52.3 Å². The Morgan fingerprint density at radius 2 is 1.83 bits per heavy atom. The van der Waals surface area contributed by atoms with Gasteiger partial charge in [0.1, 0.15) is 27.7 Å². The first kappa shape index (κ1) is 20.0. The lowest BCUT2D eigenvalue weighted by atomic mass is 10.1. The van der Waals surface area contributed by atoms with Crippen molar-refractivity contribution in [1.29, 1.82) is 0 Å². The van der Waals surface area contributed by atoms with Crippen LogP contribution in [-0.2, 0) is 6.54 Å². The molecule has 30 heavy (non-hydrogen) atoms. The summed E-state index contributed by atoms with van der Waals surface area (Å²) in [5.74, 6) is 0.916. The van der Waals surface area contributed by atoms with Crippen molar-refractivity contribution < 1.29 is 13.9 Å². The van der Waals surface area contributed by atoms with Crippen molar-refractivity contribution in [1.82, 2.24) is 14.5 Å². The van der Waals surface area contributed by atoms with Crippen LogP contribution in [0, 0.1) is 5.82 Å². The molecule has 152 valence electrons. The number of halogens is 2. The summed E-state index contributed by atoms with van der Waals surface area (Å²) in [4.78, 5) is 22.2. The van der Waals surface area contributed by atoms with E-state index in [1.54, 1.807) is 55.6 Å². The maximum absolute atomic E-state index is 14.6. The van der Waals surface area contributed by atoms with Gasteiger partial charge in [0.15, 0.2) is 5.52 Å². The Morgan fingerprint density at radius 1 is 1.03 bits per heavy atom. The third kappa shape index (κ3) is 3.66. The first-order valence-electron chi connectivity index (χ1n) is 9.04. The van der Waals surface area contributed by atoms with E-state index < -0.39 is 5.82 Å². The average molecular weight is 470 g/mol. The molecular formula is C22H17BrFN3O3. The van der Waals surface area contributed by atoms with Crippen molar-refractivity contribution in [3.8, 4) is 22.9 Å². The number of benzene rings is 2. The van der Waals surface area contributed by atoms with Crippen molar-refractivity contribution in [3.05, 3.63) is 80.9 Å². The Hall–Kier alpha value is -3.26. The first-order chi connectivity index (χ1) is 14.5. The van der Waals surface area contributed by atoms with Crippen molar-refractivity contribution in [3.63, 3.8) is 0 Å². The number of aromatic nitrogens is 3. The molecule has 0 bridgehead atoms. The molecule has 0 saturated heterocycles. The Kier molecular flexibility index (Phi) is 5.50. The number of nitrogens with zero attached hydrogens (tertiary/aromatic N) is 3. The van der Waals surface area contributed by atoms with Gasteiger partial charge in [-0.15, -0.1) is 0 Å². The topological polar surface area (TPSA) is 66.2 Å². The van der Waals surface area contributed by atoms with Crippen LogP contribution in [0.4, 0.5) is 4.39 Å². The van der Waals surface area contributed by atoms with Gasteiger partial charge in [0.05, 0.1) is 31.8 Å². The second kappa shape index (κ2) is 8.23. The summed E-state index contributed by atoms with van der Waals surface area (Å²) in [6.45, 7) is 0.118. The van der Waals surface area contributed by atoms with Crippen LogP contribution < -0.4 is 15.0 Å². The SMILES string of the molecule is COc1ccc(Cn2c(-c3ccccc3F)nc3ccc(Br)nc3c2=O)c(OC)c1. The molecular weight excluding hydrogens is 453 g/mol. The van der Waals surface area contributed by atoms with Gasteiger partial charge in [-0.3, -0.25) is 9.36 Å². The molecule has 0 unspecified atom stereocenters. The van der Waals surface area contributed by atoms with Crippen LogP contribution in [0.2, 0.25) is 0 Å². The fourth-order valence-corrected chi connectivity index (χ4v) is 3.53. The average Bonchev–Trinajstić information content (AvgIpc) is 2.76. The Labute approximate surface area is 180 Å². The van der Waals surface area contributed by atoms with Crippen LogP contribution >= 0.6 is 15.9 Å². The monoisotopic (exact) mass is 469 g/mol. The van der Waals surface area contributed by atoms with Crippen molar-refractivity contribution >= 4 is 27.0 Å². The number of hydrogen-bond donors (Lipinski definition) is 0. The minimum Gasteiger partial charge on any atom is -0.497 e. The minimum atomic E-state index is -0.468. The molecule has 8 heteroatoms. The van der Waals surface area contributed by atoms with Crippen molar-refractivity contribution in [2.24, 2.45) is 0 Å². The predicted octanol–water partition coefficient (Wildman–Crippen LogP) is 4.43. The zero-order valence-electron chi connectivity index (χ0n) is 16.2. The molecule has 0 spiro atoms. The van der Waals surface area contributed by atoms with Crippen LogP contribution in [0.1, 0.15) is 5.56 Å². The molecule has 0 aliphatic carbocycles. The van der Waals surface area contributed by atoms with E-state index in [0.717, 1.165) is 0 Å². The van der Waals surface area contributed by atoms with Gasteiger partial charge in [0.2, 0.25) is 0 Å². The molecule has 0 radical (unpaired) electrons. The molecule has 0 aliphatic heterocycles. The molecule has 6 nitrogen and oxygen atoms in total. The summed E-state index contributed by atoms with van der Waals surface area (Å²) in [7, 11) is 3.10. The highest BCUT2D eigenvalue weighted by atomic mass is 79.9. The van der Waals surface area contributed by atoms with E-state index in [1.807, 2.05) is 0 Å². The summed E-state index contributed by atoms with van der Waals surface area (Å²) in [6, 6.07) is 14.9. The quantitative estimate of drug-likeness (QED) is 0.404. The summed E-state index contributed by atoms with van der Waals surface area (Å²) in [5, 5.41) is 0.